The molecular formula is C21H20F3N3O2S. The molecule has 0 spiro atoms. The van der Waals surface area contributed by atoms with E-state index in [-0.39, 0.29) is 5.41 Å². The van der Waals surface area contributed by atoms with Crippen molar-refractivity contribution in [3.8, 4) is 11.7 Å². The van der Waals surface area contributed by atoms with E-state index in [9.17, 15) is 13.2 Å². The zero-order valence-corrected chi connectivity index (χ0v) is 16.9. The number of rotatable bonds is 7. The molecule has 2 atom stereocenters. The van der Waals surface area contributed by atoms with Crippen LogP contribution in [-0.4, -0.2) is 40.5 Å². The highest BCUT2D eigenvalue weighted by molar-refractivity contribution is 7.99. The van der Waals surface area contributed by atoms with Gasteiger partial charge in [-0.1, -0.05) is 23.9 Å². The third-order valence-electron chi connectivity index (χ3n) is 5.99. The predicted octanol–water partition coefficient (Wildman–Crippen LogP) is 5.10. The summed E-state index contributed by atoms with van der Waals surface area (Å²) in [7, 11) is 0. The summed E-state index contributed by atoms with van der Waals surface area (Å²) in [6.07, 6.45) is -0.680. The Kier molecular flexibility index (Phi) is 4.89. The summed E-state index contributed by atoms with van der Waals surface area (Å²) in [6.45, 7) is 2.87. The lowest BCUT2D eigenvalue weighted by atomic mass is 9.94. The van der Waals surface area contributed by atoms with Crippen LogP contribution in [0.2, 0.25) is 0 Å². The molecule has 30 heavy (non-hydrogen) atoms. The number of benzene rings is 1. The van der Waals surface area contributed by atoms with Gasteiger partial charge in [-0.05, 0) is 55.1 Å². The SMILES string of the molecule is FC(F)(F)c1ccc([C@]23C[C@H]2CN(CCCSc2nnc(-c4ccco4)o2)C3)cc1. The van der Waals surface area contributed by atoms with Crippen LogP contribution in [0.4, 0.5) is 13.2 Å². The average molecular weight is 435 g/mol. The van der Waals surface area contributed by atoms with Gasteiger partial charge < -0.3 is 13.7 Å². The molecule has 1 aromatic carbocycles. The van der Waals surface area contributed by atoms with E-state index in [1.54, 1.807) is 30.5 Å². The molecule has 0 amide bonds. The van der Waals surface area contributed by atoms with Crippen molar-refractivity contribution in [3.05, 3.63) is 53.8 Å². The lowest BCUT2D eigenvalue weighted by Gasteiger charge is -2.21. The summed E-state index contributed by atoms with van der Waals surface area (Å²) in [5.74, 6) is 2.34. The largest absolute Gasteiger partial charge is 0.459 e. The van der Waals surface area contributed by atoms with Gasteiger partial charge in [-0.25, -0.2) is 0 Å². The van der Waals surface area contributed by atoms with E-state index < -0.39 is 11.7 Å². The summed E-state index contributed by atoms with van der Waals surface area (Å²) in [4.78, 5) is 2.41. The molecular weight excluding hydrogens is 415 g/mol. The fraction of sp³-hybridized carbons (Fsp3) is 0.429. The van der Waals surface area contributed by atoms with E-state index in [1.807, 2.05) is 0 Å². The van der Waals surface area contributed by atoms with Crippen LogP contribution in [0.3, 0.4) is 0 Å². The number of thioether (sulfide) groups is 1. The first-order chi connectivity index (χ1) is 14.4. The number of hydrogen-bond acceptors (Lipinski definition) is 6. The minimum atomic E-state index is -4.28. The van der Waals surface area contributed by atoms with Crippen LogP contribution in [0.5, 0.6) is 0 Å². The van der Waals surface area contributed by atoms with Gasteiger partial charge in [0.1, 0.15) is 0 Å². The number of hydrogen-bond donors (Lipinski definition) is 0. The second-order valence-corrected chi connectivity index (χ2v) is 8.97. The van der Waals surface area contributed by atoms with Gasteiger partial charge in [0, 0.05) is 24.3 Å². The molecule has 9 heteroatoms. The molecule has 1 aliphatic carbocycles. The highest BCUT2D eigenvalue weighted by Crippen LogP contribution is 2.59. The highest BCUT2D eigenvalue weighted by atomic mass is 32.2. The maximum atomic E-state index is 12.8. The Balaban J connectivity index is 1.10. The first kappa shape index (κ1) is 19.7. The van der Waals surface area contributed by atoms with E-state index in [1.165, 1.54) is 23.9 Å². The number of aromatic nitrogens is 2. The molecule has 1 saturated heterocycles. The van der Waals surface area contributed by atoms with Crippen LogP contribution in [0, 0.1) is 5.92 Å². The molecule has 3 aromatic rings. The first-order valence-corrected chi connectivity index (χ1v) is 10.8. The lowest BCUT2D eigenvalue weighted by molar-refractivity contribution is -0.137. The van der Waals surface area contributed by atoms with Crippen molar-refractivity contribution in [3.63, 3.8) is 0 Å². The number of nitrogens with zero attached hydrogens (tertiary/aromatic N) is 3. The van der Waals surface area contributed by atoms with Gasteiger partial charge in [0.25, 0.3) is 11.1 Å². The highest BCUT2D eigenvalue weighted by Gasteiger charge is 2.60. The van der Waals surface area contributed by atoms with Crippen molar-refractivity contribution < 1.29 is 22.0 Å². The van der Waals surface area contributed by atoms with Crippen molar-refractivity contribution >= 4 is 11.8 Å². The van der Waals surface area contributed by atoms with Gasteiger partial charge in [-0.2, -0.15) is 13.2 Å². The molecule has 2 aliphatic rings. The third-order valence-corrected chi connectivity index (χ3v) is 6.89. The molecule has 5 rings (SSSR count). The zero-order chi connectivity index (χ0) is 20.8. The molecule has 0 bridgehead atoms. The smallest absolute Gasteiger partial charge is 0.416 e. The first-order valence-electron chi connectivity index (χ1n) is 9.84. The summed E-state index contributed by atoms with van der Waals surface area (Å²) in [6, 6.07) is 9.28. The normalized spacial score (nSPS) is 23.6. The number of alkyl halides is 3. The molecule has 2 fully saturated rings. The standard InChI is InChI=1S/C21H20F3N3O2S/c22-21(23,24)15-6-4-14(5-7-15)20-11-16(20)12-27(13-20)8-2-10-30-19-26-25-18(29-19)17-3-1-9-28-17/h1,3-7,9,16H,2,8,10-13H2/t16-,20+/m0/s1. The number of likely N-dealkylation sites (tertiary alicyclic amines) is 1. The van der Waals surface area contributed by atoms with Crippen LogP contribution >= 0.6 is 11.8 Å². The van der Waals surface area contributed by atoms with Crippen LogP contribution in [0.25, 0.3) is 11.7 Å². The number of fused-ring (bicyclic) bond motifs is 1. The molecule has 3 heterocycles. The number of furan rings is 1. The van der Waals surface area contributed by atoms with Gasteiger partial charge in [-0.15, -0.1) is 10.2 Å². The van der Waals surface area contributed by atoms with Crippen molar-refractivity contribution in [2.24, 2.45) is 5.92 Å². The Bertz CT molecular complexity index is 1000. The fourth-order valence-corrected chi connectivity index (χ4v) is 5.10. The van der Waals surface area contributed by atoms with Crippen LogP contribution < -0.4 is 0 Å². The predicted molar refractivity (Wildman–Crippen MR) is 105 cm³/mol. The molecule has 1 aliphatic heterocycles. The van der Waals surface area contributed by atoms with E-state index in [0.29, 0.717) is 22.8 Å². The second-order valence-electron chi connectivity index (χ2n) is 7.92. The van der Waals surface area contributed by atoms with Gasteiger partial charge in [0.15, 0.2) is 5.76 Å². The van der Waals surface area contributed by atoms with Crippen molar-refractivity contribution in [2.45, 2.75) is 29.7 Å². The molecule has 0 unspecified atom stereocenters. The van der Waals surface area contributed by atoms with Crippen molar-refractivity contribution in [2.75, 3.05) is 25.4 Å². The molecule has 0 N–H and O–H groups in total. The monoisotopic (exact) mass is 435 g/mol. The van der Waals surface area contributed by atoms with Gasteiger partial charge in [-0.3, -0.25) is 0 Å². The molecule has 5 nitrogen and oxygen atoms in total. The Morgan fingerprint density at radius 2 is 2.00 bits per heavy atom. The topological polar surface area (TPSA) is 55.3 Å². The Morgan fingerprint density at radius 3 is 2.73 bits per heavy atom. The minimum absolute atomic E-state index is 0.0434. The summed E-state index contributed by atoms with van der Waals surface area (Å²) < 4.78 is 49.2. The second kappa shape index (κ2) is 7.46. The van der Waals surface area contributed by atoms with Crippen LogP contribution in [0.15, 0.2) is 56.7 Å². The minimum Gasteiger partial charge on any atom is -0.459 e. The number of halogens is 3. The average Bonchev–Trinajstić information content (AvgIpc) is 3.19. The van der Waals surface area contributed by atoms with Crippen LogP contribution in [0.1, 0.15) is 24.0 Å². The summed E-state index contributed by atoms with van der Waals surface area (Å²) in [5.41, 5.74) is 0.499. The van der Waals surface area contributed by atoms with Crippen LogP contribution in [-0.2, 0) is 11.6 Å². The summed E-state index contributed by atoms with van der Waals surface area (Å²) in [5, 5.41) is 8.53. The Labute approximate surface area is 175 Å². The zero-order valence-electron chi connectivity index (χ0n) is 16.1. The molecule has 2 aromatic heterocycles. The van der Waals surface area contributed by atoms with Gasteiger partial charge in [0.2, 0.25) is 0 Å². The summed E-state index contributed by atoms with van der Waals surface area (Å²) >= 11 is 1.52. The van der Waals surface area contributed by atoms with Crippen molar-refractivity contribution in [1.82, 2.24) is 15.1 Å². The quantitative estimate of drug-likeness (QED) is 0.380. The molecule has 158 valence electrons. The maximum absolute atomic E-state index is 12.8. The van der Waals surface area contributed by atoms with Gasteiger partial charge >= 0.3 is 6.18 Å². The van der Waals surface area contributed by atoms with E-state index in [0.717, 1.165) is 43.8 Å². The maximum Gasteiger partial charge on any atom is 0.416 e. The Hall–Kier alpha value is -2.26. The fourth-order valence-electron chi connectivity index (χ4n) is 4.41. The van der Waals surface area contributed by atoms with Gasteiger partial charge in [0.05, 0.1) is 11.8 Å². The van der Waals surface area contributed by atoms with E-state index in [4.69, 9.17) is 8.83 Å². The van der Waals surface area contributed by atoms with E-state index >= 15 is 0 Å². The van der Waals surface area contributed by atoms with E-state index in [2.05, 4.69) is 15.1 Å². The number of piperidine rings is 1. The molecule has 0 radical (unpaired) electrons. The molecule has 1 saturated carbocycles. The lowest BCUT2D eigenvalue weighted by Crippen LogP contribution is -2.28. The third kappa shape index (κ3) is 3.76. The Morgan fingerprint density at radius 1 is 1.17 bits per heavy atom. The van der Waals surface area contributed by atoms with Crippen molar-refractivity contribution in [1.29, 1.82) is 0 Å².